The van der Waals surface area contributed by atoms with Crippen molar-refractivity contribution >= 4 is 28.7 Å². The maximum absolute atomic E-state index is 13.2. The standard InChI is InChI=1S/C13H12ClFN2/c1-8-12(14)3-2-4-13(8)17-11-6-9(15)5-10(16)7-11/h2-7,17H,16H2,1H3. The second kappa shape index (κ2) is 4.63. The van der Waals surface area contributed by atoms with Crippen molar-refractivity contribution in [2.45, 2.75) is 6.92 Å². The summed E-state index contributed by atoms with van der Waals surface area (Å²) < 4.78 is 13.2. The van der Waals surface area contributed by atoms with Crippen LogP contribution in [0.25, 0.3) is 0 Å². The lowest BCUT2D eigenvalue weighted by Gasteiger charge is -2.11. The molecule has 0 amide bonds. The Hall–Kier alpha value is -1.74. The molecule has 0 radical (unpaired) electrons. The summed E-state index contributed by atoms with van der Waals surface area (Å²) in [6.45, 7) is 1.90. The van der Waals surface area contributed by atoms with Crippen LogP contribution >= 0.6 is 11.6 Å². The highest BCUT2D eigenvalue weighted by molar-refractivity contribution is 6.31. The highest BCUT2D eigenvalue weighted by Gasteiger charge is 2.04. The van der Waals surface area contributed by atoms with E-state index in [0.29, 0.717) is 16.4 Å². The number of nitrogen functional groups attached to an aromatic ring is 1. The van der Waals surface area contributed by atoms with Gasteiger partial charge in [-0.15, -0.1) is 0 Å². The molecule has 0 saturated carbocycles. The Morgan fingerprint density at radius 3 is 2.71 bits per heavy atom. The third-order valence-electron chi connectivity index (χ3n) is 2.47. The van der Waals surface area contributed by atoms with Gasteiger partial charge < -0.3 is 11.1 Å². The van der Waals surface area contributed by atoms with Crippen molar-refractivity contribution in [3.63, 3.8) is 0 Å². The van der Waals surface area contributed by atoms with Crippen molar-refractivity contribution in [3.05, 3.63) is 52.8 Å². The average molecular weight is 251 g/mol. The number of nitrogens with two attached hydrogens (primary N) is 1. The minimum Gasteiger partial charge on any atom is -0.399 e. The molecular formula is C13H12ClFN2. The molecule has 17 heavy (non-hydrogen) atoms. The minimum absolute atomic E-state index is 0.368. The molecule has 0 bridgehead atoms. The highest BCUT2D eigenvalue weighted by atomic mass is 35.5. The lowest BCUT2D eigenvalue weighted by Crippen LogP contribution is -1.96. The van der Waals surface area contributed by atoms with Crippen LogP contribution in [0.3, 0.4) is 0 Å². The molecule has 0 saturated heterocycles. The summed E-state index contributed by atoms with van der Waals surface area (Å²) in [6, 6.07) is 9.85. The number of hydrogen-bond acceptors (Lipinski definition) is 2. The number of nitrogens with one attached hydrogen (secondary N) is 1. The van der Waals surface area contributed by atoms with E-state index in [1.807, 2.05) is 25.1 Å². The first kappa shape index (κ1) is 11.7. The van der Waals surface area contributed by atoms with Crippen molar-refractivity contribution in [2.75, 3.05) is 11.1 Å². The van der Waals surface area contributed by atoms with Gasteiger partial charge in [0.2, 0.25) is 0 Å². The van der Waals surface area contributed by atoms with Gasteiger partial charge in [0.25, 0.3) is 0 Å². The van der Waals surface area contributed by atoms with Crippen LogP contribution in [-0.2, 0) is 0 Å². The fourth-order valence-corrected chi connectivity index (χ4v) is 1.76. The normalized spacial score (nSPS) is 10.3. The van der Waals surface area contributed by atoms with E-state index in [0.717, 1.165) is 11.3 Å². The van der Waals surface area contributed by atoms with Gasteiger partial charge in [-0.1, -0.05) is 17.7 Å². The number of anilines is 3. The van der Waals surface area contributed by atoms with Gasteiger partial charge in [-0.3, -0.25) is 0 Å². The van der Waals surface area contributed by atoms with E-state index in [1.54, 1.807) is 6.07 Å². The third-order valence-corrected chi connectivity index (χ3v) is 2.88. The second-order valence-electron chi connectivity index (χ2n) is 3.81. The molecule has 0 spiro atoms. The molecule has 0 aliphatic carbocycles. The van der Waals surface area contributed by atoms with Crippen molar-refractivity contribution in [2.24, 2.45) is 0 Å². The molecule has 0 aliphatic rings. The van der Waals surface area contributed by atoms with E-state index in [9.17, 15) is 4.39 Å². The van der Waals surface area contributed by atoms with Gasteiger partial charge >= 0.3 is 0 Å². The monoisotopic (exact) mass is 250 g/mol. The number of halogens is 2. The lowest BCUT2D eigenvalue weighted by molar-refractivity contribution is 0.629. The molecule has 0 atom stereocenters. The maximum atomic E-state index is 13.2. The van der Waals surface area contributed by atoms with Gasteiger partial charge in [-0.2, -0.15) is 0 Å². The van der Waals surface area contributed by atoms with Gasteiger partial charge in [0.15, 0.2) is 0 Å². The molecule has 2 aromatic rings. The SMILES string of the molecule is Cc1c(Cl)cccc1Nc1cc(N)cc(F)c1. The molecule has 2 aromatic carbocycles. The van der Waals surface area contributed by atoms with Gasteiger partial charge in [-0.05, 0) is 42.8 Å². The highest BCUT2D eigenvalue weighted by Crippen LogP contribution is 2.27. The molecule has 0 unspecified atom stereocenters. The lowest BCUT2D eigenvalue weighted by atomic mass is 10.2. The summed E-state index contributed by atoms with van der Waals surface area (Å²) in [4.78, 5) is 0. The number of hydrogen-bond donors (Lipinski definition) is 2. The Balaban J connectivity index is 2.34. The molecule has 0 aromatic heterocycles. The third kappa shape index (κ3) is 2.68. The Labute approximate surface area is 104 Å². The van der Waals surface area contributed by atoms with Crippen molar-refractivity contribution < 1.29 is 4.39 Å². The smallest absolute Gasteiger partial charge is 0.127 e. The van der Waals surface area contributed by atoms with Gasteiger partial charge in [-0.25, -0.2) is 4.39 Å². The molecule has 0 aliphatic heterocycles. The maximum Gasteiger partial charge on any atom is 0.127 e. The van der Waals surface area contributed by atoms with Crippen molar-refractivity contribution in [1.82, 2.24) is 0 Å². The summed E-state index contributed by atoms with van der Waals surface area (Å²) in [7, 11) is 0. The molecule has 4 heteroatoms. The largest absolute Gasteiger partial charge is 0.399 e. The first-order chi connectivity index (χ1) is 8.06. The first-order valence-corrected chi connectivity index (χ1v) is 5.52. The number of rotatable bonds is 2. The number of benzene rings is 2. The molecule has 2 nitrogen and oxygen atoms in total. The van der Waals surface area contributed by atoms with Crippen LogP contribution in [0.4, 0.5) is 21.5 Å². The van der Waals surface area contributed by atoms with E-state index in [-0.39, 0.29) is 5.82 Å². The molecule has 2 rings (SSSR count). The average Bonchev–Trinajstić information content (AvgIpc) is 2.23. The molecule has 3 N–H and O–H groups in total. The fourth-order valence-electron chi connectivity index (χ4n) is 1.58. The Morgan fingerprint density at radius 1 is 1.24 bits per heavy atom. The Kier molecular flexibility index (Phi) is 3.20. The zero-order valence-electron chi connectivity index (χ0n) is 9.30. The molecule has 0 fully saturated rings. The Bertz CT molecular complexity index is 535. The first-order valence-electron chi connectivity index (χ1n) is 5.14. The van der Waals surface area contributed by atoms with E-state index in [1.165, 1.54) is 12.1 Å². The zero-order chi connectivity index (χ0) is 12.4. The van der Waals surface area contributed by atoms with Crippen LogP contribution in [0.15, 0.2) is 36.4 Å². The summed E-state index contributed by atoms with van der Waals surface area (Å²) >= 11 is 6.00. The van der Waals surface area contributed by atoms with E-state index in [2.05, 4.69) is 5.32 Å². The van der Waals surface area contributed by atoms with Crippen molar-refractivity contribution in [3.8, 4) is 0 Å². The van der Waals surface area contributed by atoms with Crippen molar-refractivity contribution in [1.29, 1.82) is 0 Å². The summed E-state index contributed by atoms with van der Waals surface area (Å²) in [6.07, 6.45) is 0. The van der Waals surface area contributed by atoms with Gasteiger partial charge in [0, 0.05) is 22.1 Å². The minimum atomic E-state index is -0.368. The van der Waals surface area contributed by atoms with Gasteiger partial charge in [0.05, 0.1) is 0 Å². The fraction of sp³-hybridized carbons (Fsp3) is 0.0769. The molecule has 0 heterocycles. The van der Waals surface area contributed by atoms with Crippen LogP contribution in [0.1, 0.15) is 5.56 Å². The van der Waals surface area contributed by atoms with E-state index < -0.39 is 0 Å². The summed E-state index contributed by atoms with van der Waals surface area (Å²) in [5.41, 5.74) is 8.31. The van der Waals surface area contributed by atoms with Gasteiger partial charge in [0.1, 0.15) is 5.82 Å². The molecule has 88 valence electrons. The molecular weight excluding hydrogens is 239 g/mol. The van der Waals surface area contributed by atoms with Crippen LogP contribution in [0.5, 0.6) is 0 Å². The Morgan fingerprint density at radius 2 is 2.00 bits per heavy atom. The summed E-state index contributed by atoms with van der Waals surface area (Å²) in [5.74, 6) is -0.368. The van der Waals surface area contributed by atoms with Crippen LogP contribution in [0, 0.1) is 12.7 Å². The predicted molar refractivity (Wildman–Crippen MR) is 70.3 cm³/mol. The predicted octanol–water partition coefficient (Wildman–Crippen LogP) is 4.11. The zero-order valence-corrected chi connectivity index (χ0v) is 10.1. The van der Waals surface area contributed by atoms with Crippen LogP contribution < -0.4 is 11.1 Å². The van der Waals surface area contributed by atoms with Crippen LogP contribution in [-0.4, -0.2) is 0 Å². The second-order valence-corrected chi connectivity index (χ2v) is 4.22. The summed E-state index contributed by atoms with van der Waals surface area (Å²) in [5, 5.41) is 3.76. The van der Waals surface area contributed by atoms with E-state index in [4.69, 9.17) is 17.3 Å². The van der Waals surface area contributed by atoms with E-state index >= 15 is 0 Å². The quantitative estimate of drug-likeness (QED) is 0.787. The van der Waals surface area contributed by atoms with Crippen LogP contribution in [0.2, 0.25) is 5.02 Å². The topological polar surface area (TPSA) is 38.0 Å².